The lowest BCUT2D eigenvalue weighted by atomic mass is 9.81. The van der Waals surface area contributed by atoms with Gasteiger partial charge in [0.1, 0.15) is 11.9 Å². The van der Waals surface area contributed by atoms with Gasteiger partial charge in [0, 0.05) is 36.9 Å². The summed E-state index contributed by atoms with van der Waals surface area (Å²) in [6, 6.07) is 8.96. The van der Waals surface area contributed by atoms with E-state index in [2.05, 4.69) is 9.97 Å². The molecule has 1 fully saturated rings. The second-order valence-corrected chi connectivity index (χ2v) is 8.50. The second kappa shape index (κ2) is 10.2. The monoisotopic (exact) mass is 512 g/mol. The minimum atomic E-state index is -4.87. The standard InChI is InChI=1S/C25H23F3N6O3/c1-33(17-7-3-2-4-8-17)23(36)20-18(12-15-9-11-31-19(29)13-15)22(35)34(20)24(37)32-21(25(26,27)28)16-6-5-10-30-14-16/h2-11,13-14,18,20-21H,12H2,1H3,(H2,29,31)(H,32,37)/t18-,20+,21+/m1/s1. The largest absolute Gasteiger partial charge is 0.412 e. The van der Waals surface area contributed by atoms with Crippen molar-refractivity contribution in [2.24, 2.45) is 5.92 Å². The third-order valence-corrected chi connectivity index (χ3v) is 6.07. The molecular formula is C25H23F3N6O3. The molecular weight excluding hydrogens is 489 g/mol. The number of benzene rings is 1. The molecule has 9 nitrogen and oxygen atoms in total. The first-order valence-electron chi connectivity index (χ1n) is 11.2. The maximum absolute atomic E-state index is 13.8. The Morgan fingerprint density at radius 1 is 1.14 bits per heavy atom. The van der Waals surface area contributed by atoms with Gasteiger partial charge in [0.25, 0.3) is 5.91 Å². The summed E-state index contributed by atoms with van der Waals surface area (Å²) in [6.07, 6.45) is -1.13. The molecule has 2 aromatic heterocycles. The summed E-state index contributed by atoms with van der Waals surface area (Å²) < 4.78 is 41.5. The van der Waals surface area contributed by atoms with E-state index in [-0.39, 0.29) is 17.8 Å². The molecule has 192 valence electrons. The summed E-state index contributed by atoms with van der Waals surface area (Å²) in [5, 5.41) is 1.86. The number of imide groups is 1. The van der Waals surface area contributed by atoms with Gasteiger partial charge in [-0.3, -0.25) is 19.5 Å². The zero-order chi connectivity index (χ0) is 26.7. The molecule has 37 heavy (non-hydrogen) atoms. The van der Waals surface area contributed by atoms with Crippen LogP contribution in [0.15, 0.2) is 73.2 Å². The third kappa shape index (κ3) is 5.37. The van der Waals surface area contributed by atoms with Crippen molar-refractivity contribution >= 4 is 29.4 Å². The van der Waals surface area contributed by atoms with Crippen molar-refractivity contribution in [2.75, 3.05) is 17.7 Å². The number of para-hydroxylation sites is 1. The molecule has 3 atom stereocenters. The van der Waals surface area contributed by atoms with Gasteiger partial charge >= 0.3 is 12.2 Å². The molecule has 3 heterocycles. The predicted molar refractivity (Wildman–Crippen MR) is 128 cm³/mol. The van der Waals surface area contributed by atoms with Crippen LogP contribution in [0.3, 0.4) is 0 Å². The number of likely N-dealkylation sites (tertiary alicyclic amines) is 1. The van der Waals surface area contributed by atoms with E-state index in [4.69, 9.17) is 5.73 Å². The van der Waals surface area contributed by atoms with Gasteiger partial charge in [0.15, 0.2) is 6.04 Å². The number of β-lactam (4-membered cyclic amide) rings is 1. The summed E-state index contributed by atoms with van der Waals surface area (Å²) in [7, 11) is 1.46. The number of pyridine rings is 2. The number of hydrogen-bond acceptors (Lipinski definition) is 6. The Morgan fingerprint density at radius 3 is 2.49 bits per heavy atom. The molecule has 0 unspecified atom stereocenters. The number of amides is 4. The zero-order valence-electron chi connectivity index (χ0n) is 19.6. The molecule has 4 amide bonds. The van der Waals surface area contributed by atoms with Gasteiger partial charge in [0.2, 0.25) is 5.91 Å². The van der Waals surface area contributed by atoms with E-state index in [0.717, 1.165) is 12.3 Å². The number of halogens is 3. The quantitative estimate of drug-likeness (QED) is 0.490. The van der Waals surface area contributed by atoms with E-state index in [1.54, 1.807) is 36.4 Å². The predicted octanol–water partition coefficient (Wildman–Crippen LogP) is 3.10. The Kier molecular flexibility index (Phi) is 7.09. The van der Waals surface area contributed by atoms with E-state index in [1.807, 2.05) is 5.32 Å². The van der Waals surface area contributed by atoms with Crippen LogP contribution in [0, 0.1) is 5.92 Å². The van der Waals surface area contributed by atoms with Crippen molar-refractivity contribution in [1.82, 2.24) is 20.2 Å². The Labute approximate surface area is 210 Å². The Morgan fingerprint density at radius 2 is 1.86 bits per heavy atom. The number of anilines is 2. The molecule has 1 aliphatic heterocycles. The molecule has 0 aliphatic carbocycles. The molecule has 3 aromatic rings. The van der Waals surface area contributed by atoms with Crippen LogP contribution in [0.2, 0.25) is 0 Å². The highest BCUT2D eigenvalue weighted by molar-refractivity contribution is 6.12. The number of urea groups is 1. The molecule has 1 aromatic carbocycles. The number of nitrogen functional groups attached to an aromatic ring is 1. The Hall–Kier alpha value is -4.48. The van der Waals surface area contributed by atoms with Crippen molar-refractivity contribution in [3.05, 3.63) is 84.3 Å². The van der Waals surface area contributed by atoms with Gasteiger partial charge in [-0.25, -0.2) is 9.78 Å². The minimum Gasteiger partial charge on any atom is -0.384 e. The van der Waals surface area contributed by atoms with Gasteiger partial charge in [-0.05, 0) is 42.3 Å². The van der Waals surface area contributed by atoms with Crippen LogP contribution >= 0.6 is 0 Å². The number of carbonyl (C=O) groups excluding carboxylic acids is 3. The van der Waals surface area contributed by atoms with E-state index in [1.165, 1.54) is 36.5 Å². The maximum Gasteiger partial charge on any atom is 0.412 e. The number of aromatic nitrogens is 2. The van der Waals surface area contributed by atoms with Crippen LogP contribution in [-0.4, -0.2) is 52.0 Å². The highest BCUT2D eigenvalue weighted by Crippen LogP contribution is 2.36. The van der Waals surface area contributed by atoms with Crippen LogP contribution in [-0.2, 0) is 16.0 Å². The lowest BCUT2D eigenvalue weighted by Crippen LogP contribution is -2.70. The van der Waals surface area contributed by atoms with Crippen molar-refractivity contribution in [2.45, 2.75) is 24.7 Å². The third-order valence-electron chi connectivity index (χ3n) is 6.07. The average molecular weight is 512 g/mol. The number of nitrogens with two attached hydrogens (primary N) is 1. The lowest BCUT2D eigenvalue weighted by Gasteiger charge is -2.46. The highest BCUT2D eigenvalue weighted by atomic mass is 19.4. The maximum atomic E-state index is 13.8. The molecule has 0 saturated carbocycles. The molecule has 0 bridgehead atoms. The average Bonchev–Trinajstić information content (AvgIpc) is 2.88. The summed E-state index contributed by atoms with van der Waals surface area (Å²) >= 11 is 0. The summed E-state index contributed by atoms with van der Waals surface area (Å²) in [4.78, 5) is 49.0. The minimum absolute atomic E-state index is 0.0413. The summed E-state index contributed by atoms with van der Waals surface area (Å²) in [6.45, 7) is 0. The van der Waals surface area contributed by atoms with Gasteiger partial charge in [-0.2, -0.15) is 13.2 Å². The number of rotatable bonds is 6. The van der Waals surface area contributed by atoms with Crippen molar-refractivity contribution in [1.29, 1.82) is 0 Å². The molecule has 4 rings (SSSR count). The lowest BCUT2D eigenvalue weighted by molar-refractivity contribution is -0.162. The fourth-order valence-corrected chi connectivity index (χ4v) is 4.20. The van der Waals surface area contributed by atoms with E-state index in [0.29, 0.717) is 16.2 Å². The molecule has 1 aliphatic rings. The van der Waals surface area contributed by atoms with Gasteiger partial charge in [-0.1, -0.05) is 24.3 Å². The number of likely N-dealkylation sites (N-methyl/N-ethyl adjacent to an activating group) is 1. The van der Waals surface area contributed by atoms with Gasteiger partial charge in [-0.15, -0.1) is 0 Å². The first-order valence-corrected chi connectivity index (χ1v) is 11.2. The summed E-state index contributed by atoms with van der Waals surface area (Å²) in [5.74, 6) is -2.20. The van der Waals surface area contributed by atoms with E-state index >= 15 is 0 Å². The number of alkyl halides is 3. The van der Waals surface area contributed by atoms with E-state index < -0.39 is 42.0 Å². The van der Waals surface area contributed by atoms with Crippen molar-refractivity contribution < 1.29 is 27.6 Å². The summed E-state index contributed by atoms with van der Waals surface area (Å²) in [5.41, 5.74) is 6.48. The zero-order valence-corrected chi connectivity index (χ0v) is 19.6. The van der Waals surface area contributed by atoms with Gasteiger partial charge < -0.3 is 16.0 Å². The van der Waals surface area contributed by atoms with Crippen LogP contribution in [0.1, 0.15) is 17.2 Å². The SMILES string of the molecule is CN(C(=O)[C@@H]1[C@@H](Cc2ccnc(N)c2)C(=O)N1C(=O)N[C@@H](c1cccnc1)C(F)(F)F)c1ccccc1. The van der Waals surface area contributed by atoms with Crippen LogP contribution in [0.25, 0.3) is 0 Å². The topological polar surface area (TPSA) is 122 Å². The molecule has 1 saturated heterocycles. The van der Waals surface area contributed by atoms with Crippen molar-refractivity contribution in [3.8, 4) is 0 Å². The number of hydrogen-bond donors (Lipinski definition) is 2. The first-order chi connectivity index (χ1) is 17.6. The second-order valence-electron chi connectivity index (χ2n) is 8.50. The number of carbonyl (C=O) groups is 3. The Balaban J connectivity index is 1.63. The van der Waals surface area contributed by atoms with Crippen LogP contribution in [0.4, 0.5) is 29.5 Å². The fourth-order valence-electron chi connectivity index (χ4n) is 4.20. The first kappa shape index (κ1) is 25.6. The normalized spacial score (nSPS) is 18.1. The molecule has 3 N–H and O–H groups in total. The highest BCUT2D eigenvalue weighted by Gasteiger charge is 2.56. The molecule has 12 heteroatoms. The number of nitrogens with one attached hydrogen (secondary N) is 1. The molecule has 0 spiro atoms. The number of nitrogens with zero attached hydrogens (tertiary/aromatic N) is 4. The molecule has 0 radical (unpaired) electrons. The van der Waals surface area contributed by atoms with Crippen LogP contribution < -0.4 is 16.0 Å². The van der Waals surface area contributed by atoms with E-state index in [9.17, 15) is 27.6 Å². The van der Waals surface area contributed by atoms with Gasteiger partial charge in [0.05, 0.1) is 5.92 Å². The van der Waals surface area contributed by atoms with Crippen molar-refractivity contribution in [3.63, 3.8) is 0 Å². The fraction of sp³-hybridized carbons (Fsp3) is 0.240. The smallest absolute Gasteiger partial charge is 0.384 e. The Bertz CT molecular complexity index is 1290. The van der Waals surface area contributed by atoms with Crippen LogP contribution in [0.5, 0.6) is 0 Å².